The number of halogens is 2. The van der Waals surface area contributed by atoms with E-state index in [9.17, 15) is 14.0 Å². The average Bonchev–Trinajstić information content (AvgIpc) is 2.89. The highest BCUT2D eigenvalue weighted by atomic mass is 79.9. The van der Waals surface area contributed by atoms with Crippen molar-refractivity contribution >= 4 is 33.6 Å². The molecule has 21 heavy (non-hydrogen) atoms. The van der Waals surface area contributed by atoms with E-state index < -0.39 is 17.8 Å². The highest BCUT2D eigenvalue weighted by Gasteiger charge is 2.10. The van der Waals surface area contributed by atoms with E-state index >= 15 is 0 Å². The number of furan rings is 1. The molecule has 1 heterocycles. The summed E-state index contributed by atoms with van der Waals surface area (Å²) in [4.78, 5) is 22.3. The van der Waals surface area contributed by atoms with Gasteiger partial charge >= 0.3 is 12.0 Å². The molecular formula is C13H10BrFN2O4. The number of carboxylic acid groups (broad SMARTS) is 1. The van der Waals surface area contributed by atoms with E-state index in [1.807, 2.05) is 0 Å². The lowest BCUT2D eigenvalue weighted by Crippen LogP contribution is -2.28. The van der Waals surface area contributed by atoms with Crippen LogP contribution in [-0.2, 0) is 6.54 Å². The fourth-order valence-electron chi connectivity index (χ4n) is 1.51. The van der Waals surface area contributed by atoms with Gasteiger partial charge in [-0.15, -0.1) is 0 Å². The molecule has 0 aliphatic rings. The van der Waals surface area contributed by atoms with Crippen molar-refractivity contribution < 1.29 is 23.5 Å². The number of carbonyl (C=O) groups is 2. The molecule has 0 unspecified atom stereocenters. The number of amides is 2. The fraction of sp³-hybridized carbons (Fsp3) is 0.0769. The molecule has 0 atom stereocenters. The maximum atomic E-state index is 12.9. The summed E-state index contributed by atoms with van der Waals surface area (Å²) < 4.78 is 18.3. The second-order valence-electron chi connectivity index (χ2n) is 4.00. The Labute approximate surface area is 127 Å². The molecule has 0 fully saturated rings. The molecule has 1 aromatic carbocycles. The molecule has 0 aliphatic heterocycles. The van der Waals surface area contributed by atoms with Gasteiger partial charge in [0, 0.05) is 4.47 Å². The topological polar surface area (TPSA) is 91.6 Å². The summed E-state index contributed by atoms with van der Waals surface area (Å²) in [7, 11) is 0. The van der Waals surface area contributed by atoms with Crippen molar-refractivity contribution in [2.75, 3.05) is 5.32 Å². The van der Waals surface area contributed by atoms with Crippen LogP contribution < -0.4 is 10.6 Å². The van der Waals surface area contributed by atoms with Gasteiger partial charge < -0.3 is 20.2 Å². The third-order valence-electron chi connectivity index (χ3n) is 2.47. The molecule has 8 heteroatoms. The molecule has 0 bridgehead atoms. The molecule has 0 spiro atoms. The molecule has 2 aromatic rings. The predicted molar refractivity (Wildman–Crippen MR) is 75.6 cm³/mol. The standard InChI is InChI=1S/C13H10BrFN2O4/c14-9-5-7(15)1-3-10(9)17-13(20)16-6-8-2-4-11(21-8)12(18)19/h1-5H,6H2,(H,18,19)(H2,16,17,20). The number of carboxylic acids is 1. The zero-order valence-corrected chi connectivity index (χ0v) is 12.1. The number of urea groups is 1. The van der Waals surface area contributed by atoms with Crippen molar-refractivity contribution in [3.8, 4) is 0 Å². The van der Waals surface area contributed by atoms with Gasteiger partial charge in [-0.3, -0.25) is 0 Å². The Hall–Kier alpha value is -2.35. The van der Waals surface area contributed by atoms with E-state index in [2.05, 4.69) is 26.6 Å². The normalized spacial score (nSPS) is 10.2. The minimum atomic E-state index is -1.18. The van der Waals surface area contributed by atoms with Gasteiger partial charge in [-0.05, 0) is 46.3 Å². The molecule has 110 valence electrons. The van der Waals surface area contributed by atoms with Crippen LogP contribution in [0.3, 0.4) is 0 Å². The average molecular weight is 357 g/mol. The molecule has 1 aromatic heterocycles. The number of carbonyl (C=O) groups excluding carboxylic acids is 1. The second-order valence-corrected chi connectivity index (χ2v) is 4.86. The van der Waals surface area contributed by atoms with Crippen molar-refractivity contribution in [3.05, 3.63) is 52.1 Å². The number of anilines is 1. The second kappa shape index (κ2) is 6.40. The summed E-state index contributed by atoms with van der Waals surface area (Å²) in [6.45, 7) is 0.0257. The molecule has 3 N–H and O–H groups in total. The van der Waals surface area contributed by atoms with Gasteiger partial charge in [0.2, 0.25) is 5.76 Å². The van der Waals surface area contributed by atoms with Gasteiger partial charge in [-0.25, -0.2) is 14.0 Å². The molecular weight excluding hydrogens is 347 g/mol. The first-order valence-electron chi connectivity index (χ1n) is 5.77. The first-order valence-corrected chi connectivity index (χ1v) is 6.57. The van der Waals surface area contributed by atoms with E-state index in [0.29, 0.717) is 15.9 Å². The maximum Gasteiger partial charge on any atom is 0.371 e. The minimum absolute atomic E-state index is 0.0257. The van der Waals surface area contributed by atoms with E-state index in [4.69, 9.17) is 9.52 Å². The van der Waals surface area contributed by atoms with Crippen LogP contribution in [0, 0.1) is 5.82 Å². The fourth-order valence-corrected chi connectivity index (χ4v) is 1.96. The van der Waals surface area contributed by atoms with Crippen LogP contribution in [0.1, 0.15) is 16.3 Å². The van der Waals surface area contributed by atoms with Crippen molar-refractivity contribution in [2.24, 2.45) is 0 Å². The Balaban J connectivity index is 1.91. The Morgan fingerprint density at radius 2 is 2.05 bits per heavy atom. The van der Waals surface area contributed by atoms with Crippen molar-refractivity contribution in [1.82, 2.24) is 5.32 Å². The number of rotatable bonds is 4. The van der Waals surface area contributed by atoms with Gasteiger partial charge in [-0.1, -0.05) is 0 Å². The van der Waals surface area contributed by atoms with Crippen LogP contribution in [0.25, 0.3) is 0 Å². The van der Waals surface area contributed by atoms with Crippen LogP contribution in [0.4, 0.5) is 14.9 Å². The number of nitrogens with one attached hydrogen (secondary N) is 2. The van der Waals surface area contributed by atoms with Crippen molar-refractivity contribution in [3.63, 3.8) is 0 Å². The quantitative estimate of drug-likeness (QED) is 0.784. The lowest BCUT2D eigenvalue weighted by Gasteiger charge is -2.08. The highest BCUT2D eigenvalue weighted by molar-refractivity contribution is 9.10. The van der Waals surface area contributed by atoms with Crippen LogP contribution in [0.5, 0.6) is 0 Å². The monoisotopic (exact) mass is 356 g/mol. The minimum Gasteiger partial charge on any atom is -0.475 e. The van der Waals surface area contributed by atoms with Gasteiger partial charge in [0.1, 0.15) is 11.6 Å². The first kappa shape index (κ1) is 15.0. The Bertz CT molecular complexity index is 687. The summed E-state index contributed by atoms with van der Waals surface area (Å²) in [5.41, 5.74) is 0.402. The van der Waals surface area contributed by atoms with E-state index in [1.165, 1.54) is 30.3 Å². The highest BCUT2D eigenvalue weighted by Crippen LogP contribution is 2.22. The zero-order valence-electron chi connectivity index (χ0n) is 10.5. The van der Waals surface area contributed by atoms with Gasteiger partial charge in [0.05, 0.1) is 12.2 Å². The van der Waals surface area contributed by atoms with E-state index in [0.717, 1.165) is 0 Å². The zero-order chi connectivity index (χ0) is 15.4. The summed E-state index contributed by atoms with van der Waals surface area (Å²) in [5, 5.41) is 13.7. The lowest BCUT2D eigenvalue weighted by atomic mass is 10.3. The third kappa shape index (κ3) is 4.06. The van der Waals surface area contributed by atoms with Crippen LogP contribution in [-0.4, -0.2) is 17.1 Å². The number of benzene rings is 1. The first-order chi connectivity index (χ1) is 9.95. The van der Waals surface area contributed by atoms with Gasteiger partial charge in [0.25, 0.3) is 0 Å². The van der Waals surface area contributed by atoms with Gasteiger partial charge in [-0.2, -0.15) is 0 Å². The smallest absolute Gasteiger partial charge is 0.371 e. The Morgan fingerprint density at radius 1 is 1.29 bits per heavy atom. The molecule has 2 rings (SSSR count). The molecule has 0 saturated heterocycles. The largest absolute Gasteiger partial charge is 0.475 e. The molecule has 0 saturated carbocycles. The molecule has 2 amide bonds. The summed E-state index contributed by atoms with van der Waals surface area (Å²) >= 11 is 3.12. The Kier molecular flexibility index (Phi) is 4.59. The SMILES string of the molecule is O=C(NCc1ccc(C(=O)O)o1)Nc1ccc(F)cc1Br. The predicted octanol–water partition coefficient (Wildman–Crippen LogP) is 3.20. The third-order valence-corrected chi connectivity index (χ3v) is 3.13. The summed E-state index contributed by atoms with van der Waals surface area (Å²) in [5.74, 6) is -1.50. The maximum absolute atomic E-state index is 12.9. The number of aromatic carboxylic acids is 1. The van der Waals surface area contributed by atoms with E-state index in [-0.39, 0.29) is 12.3 Å². The molecule has 0 radical (unpaired) electrons. The molecule has 6 nitrogen and oxygen atoms in total. The summed E-state index contributed by atoms with van der Waals surface area (Å²) in [6.07, 6.45) is 0. The van der Waals surface area contributed by atoms with Crippen molar-refractivity contribution in [1.29, 1.82) is 0 Å². The van der Waals surface area contributed by atoms with Crippen LogP contribution >= 0.6 is 15.9 Å². The lowest BCUT2D eigenvalue weighted by molar-refractivity contribution is 0.0660. The molecule has 0 aliphatic carbocycles. The summed E-state index contributed by atoms with van der Waals surface area (Å²) in [6, 6.07) is 6.07. The Morgan fingerprint density at radius 3 is 2.67 bits per heavy atom. The van der Waals surface area contributed by atoms with Crippen molar-refractivity contribution in [2.45, 2.75) is 6.54 Å². The van der Waals surface area contributed by atoms with E-state index in [1.54, 1.807) is 0 Å². The number of hydrogen-bond donors (Lipinski definition) is 3. The number of hydrogen-bond acceptors (Lipinski definition) is 3. The van der Waals surface area contributed by atoms with Gasteiger partial charge in [0.15, 0.2) is 0 Å². The van der Waals surface area contributed by atoms with Crippen LogP contribution in [0.15, 0.2) is 39.2 Å². The van der Waals surface area contributed by atoms with Crippen LogP contribution in [0.2, 0.25) is 0 Å².